The molecule has 1 aromatic heterocycles. The molecule has 1 N–H and O–H groups in total. The van der Waals surface area contributed by atoms with Crippen molar-refractivity contribution in [1.82, 2.24) is 10.3 Å². The molecule has 24 heavy (non-hydrogen) atoms. The highest BCUT2D eigenvalue weighted by molar-refractivity contribution is 5.94. The van der Waals surface area contributed by atoms with Crippen LogP contribution in [0, 0.1) is 0 Å². The van der Waals surface area contributed by atoms with Gasteiger partial charge in [-0.3, -0.25) is 9.78 Å². The number of ether oxygens (including phenoxy) is 2. The van der Waals surface area contributed by atoms with Gasteiger partial charge in [-0.2, -0.15) is 0 Å². The van der Waals surface area contributed by atoms with Crippen LogP contribution in [0.5, 0.6) is 11.5 Å². The summed E-state index contributed by atoms with van der Waals surface area (Å²) in [5.74, 6) is 1.27. The summed E-state index contributed by atoms with van der Waals surface area (Å²) in [5.41, 5.74) is 0.440. The number of hydrogen-bond acceptors (Lipinski definition) is 4. The van der Waals surface area contributed by atoms with Gasteiger partial charge in [-0.15, -0.1) is 0 Å². The molecule has 0 radical (unpaired) electrons. The van der Waals surface area contributed by atoms with E-state index in [1.165, 1.54) is 0 Å². The van der Waals surface area contributed by atoms with Crippen molar-refractivity contribution in [2.45, 2.75) is 38.3 Å². The van der Waals surface area contributed by atoms with E-state index in [4.69, 9.17) is 9.47 Å². The van der Waals surface area contributed by atoms with Crippen molar-refractivity contribution in [3.63, 3.8) is 0 Å². The number of benzene rings is 1. The Bertz CT molecular complexity index is 684. The average Bonchev–Trinajstić information content (AvgIpc) is 2.55. The second kappa shape index (κ2) is 7.01. The standard InChI is InChI=1S/C19H22N2O3/c1-19(2)12-15(9-11-23-19)21-18(22)14-5-7-16(8-6-14)24-17-4-3-10-20-13-17/h3-8,10,13,15H,9,11-12H2,1-2H3,(H,21,22). The summed E-state index contributed by atoms with van der Waals surface area (Å²) in [4.78, 5) is 16.4. The molecule has 0 bridgehead atoms. The SMILES string of the molecule is CC1(C)CC(NC(=O)c2ccc(Oc3cccnc3)cc2)CCO1. The van der Waals surface area contributed by atoms with Gasteiger partial charge in [-0.05, 0) is 63.1 Å². The van der Waals surface area contributed by atoms with Gasteiger partial charge in [0.25, 0.3) is 5.91 Å². The molecule has 1 aliphatic rings. The van der Waals surface area contributed by atoms with Crippen LogP contribution in [0.2, 0.25) is 0 Å². The van der Waals surface area contributed by atoms with E-state index < -0.39 is 0 Å². The molecular formula is C19H22N2O3. The summed E-state index contributed by atoms with van der Waals surface area (Å²) >= 11 is 0. The Morgan fingerprint density at radius 3 is 2.71 bits per heavy atom. The Labute approximate surface area is 142 Å². The molecule has 1 aromatic carbocycles. The third-order valence-electron chi connectivity index (χ3n) is 4.02. The monoisotopic (exact) mass is 326 g/mol. The lowest BCUT2D eigenvalue weighted by Crippen LogP contribution is -2.45. The third-order valence-corrected chi connectivity index (χ3v) is 4.02. The molecule has 5 heteroatoms. The molecule has 126 valence electrons. The molecule has 1 saturated heterocycles. The molecule has 2 heterocycles. The number of rotatable bonds is 4. The van der Waals surface area contributed by atoms with Crippen molar-refractivity contribution in [3.8, 4) is 11.5 Å². The molecule has 0 aliphatic carbocycles. The zero-order valence-electron chi connectivity index (χ0n) is 14.0. The molecule has 1 fully saturated rings. The first-order valence-corrected chi connectivity index (χ1v) is 8.15. The average molecular weight is 326 g/mol. The Hall–Kier alpha value is -2.40. The molecule has 2 aromatic rings. The molecular weight excluding hydrogens is 304 g/mol. The Morgan fingerprint density at radius 1 is 1.25 bits per heavy atom. The number of nitrogens with zero attached hydrogens (tertiary/aromatic N) is 1. The van der Waals surface area contributed by atoms with Gasteiger partial charge >= 0.3 is 0 Å². The van der Waals surface area contributed by atoms with Gasteiger partial charge in [0.05, 0.1) is 11.8 Å². The van der Waals surface area contributed by atoms with Crippen LogP contribution in [0.3, 0.4) is 0 Å². The van der Waals surface area contributed by atoms with Crippen LogP contribution in [0.25, 0.3) is 0 Å². The predicted molar refractivity (Wildman–Crippen MR) is 91.3 cm³/mol. The minimum Gasteiger partial charge on any atom is -0.456 e. The number of amides is 1. The summed E-state index contributed by atoms with van der Waals surface area (Å²) in [6.07, 6.45) is 5.00. The molecule has 1 aliphatic heterocycles. The summed E-state index contributed by atoms with van der Waals surface area (Å²) in [5, 5.41) is 3.09. The molecule has 5 nitrogen and oxygen atoms in total. The van der Waals surface area contributed by atoms with E-state index in [0.29, 0.717) is 23.7 Å². The molecule has 0 saturated carbocycles. The van der Waals surface area contributed by atoms with Crippen molar-refractivity contribution in [3.05, 3.63) is 54.4 Å². The van der Waals surface area contributed by atoms with Crippen molar-refractivity contribution in [2.75, 3.05) is 6.61 Å². The number of carbonyl (C=O) groups excluding carboxylic acids is 1. The van der Waals surface area contributed by atoms with E-state index in [1.807, 2.05) is 12.1 Å². The first-order valence-electron chi connectivity index (χ1n) is 8.15. The molecule has 1 atom stereocenters. The van der Waals surface area contributed by atoms with Gasteiger partial charge in [-0.25, -0.2) is 0 Å². The molecule has 3 rings (SSSR count). The van der Waals surface area contributed by atoms with Gasteiger partial charge in [-0.1, -0.05) is 0 Å². The third kappa shape index (κ3) is 4.32. The lowest BCUT2D eigenvalue weighted by Gasteiger charge is -2.35. The molecule has 1 unspecified atom stereocenters. The second-order valence-electron chi connectivity index (χ2n) is 6.59. The maximum Gasteiger partial charge on any atom is 0.251 e. The fourth-order valence-corrected chi connectivity index (χ4v) is 2.84. The van der Waals surface area contributed by atoms with Gasteiger partial charge in [0.2, 0.25) is 0 Å². The maximum atomic E-state index is 12.4. The van der Waals surface area contributed by atoms with E-state index >= 15 is 0 Å². The van der Waals surface area contributed by atoms with Crippen LogP contribution in [0.4, 0.5) is 0 Å². The van der Waals surface area contributed by atoms with E-state index in [2.05, 4.69) is 24.1 Å². The van der Waals surface area contributed by atoms with E-state index in [9.17, 15) is 4.79 Å². The first kappa shape index (κ1) is 16.5. The summed E-state index contributed by atoms with van der Waals surface area (Å²) in [6, 6.07) is 10.9. The number of aromatic nitrogens is 1. The summed E-state index contributed by atoms with van der Waals surface area (Å²) < 4.78 is 11.4. The van der Waals surface area contributed by atoms with Crippen molar-refractivity contribution < 1.29 is 14.3 Å². The Balaban J connectivity index is 1.59. The summed E-state index contributed by atoms with van der Waals surface area (Å²) in [6.45, 7) is 4.78. The number of hydrogen-bond donors (Lipinski definition) is 1. The van der Waals surface area contributed by atoms with Gasteiger partial charge in [0, 0.05) is 24.4 Å². The van der Waals surface area contributed by atoms with E-state index in [-0.39, 0.29) is 17.6 Å². The second-order valence-corrected chi connectivity index (χ2v) is 6.59. The van der Waals surface area contributed by atoms with Crippen molar-refractivity contribution in [2.24, 2.45) is 0 Å². The minimum atomic E-state index is -0.183. The maximum absolute atomic E-state index is 12.4. The number of nitrogens with one attached hydrogen (secondary N) is 1. The van der Waals surface area contributed by atoms with Crippen LogP contribution in [0.1, 0.15) is 37.0 Å². The van der Waals surface area contributed by atoms with Gasteiger partial charge in [0.1, 0.15) is 11.5 Å². The highest BCUT2D eigenvalue weighted by atomic mass is 16.5. The van der Waals surface area contributed by atoms with E-state index in [0.717, 1.165) is 12.8 Å². The quantitative estimate of drug-likeness (QED) is 0.933. The van der Waals surface area contributed by atoms with Gasteiger partial charge in [0.15, 0.2) is 0 Å². The fourth-order valence-electron chi connectivity index (χ4n) is 2.84. The van der Waals surface area contributed by atoms with E-state index in [1.54, 1.807) is 36.7 Å². The Morgan fingerprint density at radius 2 is 2.04 bits per heavy atom. The van der Waals surface area contributed by atoms with Crippen LogP contribution >= 0.6 is 0 Å². The lowest BCUT2D eigenvalue weighted by molar-refractivity contribution is -0.0615. The predicted octanol–water partition coefficient (Wildman–Crippen LogP) is 3.56. The van der Waals surface area contributed by atoms with Crippen LogP contribution in [0.15, 0.2) is 48.8 Å². The molecule has 1 amide bonds. The fraction of sp³-hybridized carbons (Fsp3) is 0.368. The summed E-state index contributed by atoms with van der Waals surface area (Å²) in [7, 11) is 0. The highest BCUT2D eigenvalue weighted by Gasteiger charge is 2.29. The topological polar surface area (TPSA) is 60.5 Å². The first-order chi connectivity index (χ1) is 11.5. The van der Waals surface area contributed by atoms with Crippen molar-refractivity contribution in [1.29, 1.82) is 0 Å². The lowest BCUT2D eigenvalue weighted by atomic mass is 9.94. The zero-order valence-corrected chi connectivity index (χ0v) is 14.0. The van der Waals surface area contributed by atoms with Crippen molar-refractivity contribution >= 4 is 5.91 Å². The highest BCUT2D eigenvalue weighted by Crippen LogP contribution is 2.24. The van der Waals surface area contributed by atoms with Crippen LogP contribution in [-0.4, -0.2) is 29.1 Å². The van der Waals surface area contributed by atoms with Gasteiger partial charge < -0.3 is 14.8 Å². The zero-order chi connectivity index (χ0) is 17.0. The minimum absolute atomic E-state index is 0.0642. The number of pyridine rings is 1. The smallest absolute Gasteiger partial charge is 0.251 e. The molecule has 0 spiro atoms. The Kier molecular flexibility index (Phi) is 4.81. The number of carbonyl (C=O) groups is 1. The largest absolute Gasteiger partial charge is 0.456 e. The normalized spacial score (nSPS) is 19.5. The van der Waals surface area contributed by atoms with Crippen LogP contribution in [-0.2, 0) is 4.74 Å². The van der Waals surface area contributed by atoms with Crippen LogP contribution < -0.4 is 10.1 Å².